The first-order chi connectivity index (χ1) is 10.5. The van der Waals surface area contributed by atoms with Gasteiger partial charge in [-0.05, 0) is 32.0 Å². The maximum atomic E-state index is 12.4. The van der Waals surface area contributed by atoms with Crippen LogP contribution in [0.25, 0.3) is 11.2 Å². The number of aromatic carboxylic acids is 1. The average molecular weight is 304 g/mol. The number of pyridine rings is 1. The smallest absolute Gasteiger partial charge is 0.337 e. The lowest BCUT2D eigenvalue weighted by atomic mass is 10.1. The molecule has 0 atom stereocenters. The maximum absolute atomic E-state index is 12.4. The van der Waals surface area contributed by atoms with Gasteiger partial charge in [-0.2, -0.15) is 0 Å². The van der Waals surface area contributed by atoms with Crippen molar-refractivity contribution in [3.8, 4) is 0 Å². The van der Waals surface area contributed by atoms with Crippen molar-refractivity contribution in [2.24, 2.45) is 7.05 Å². The third-order valence-corrected chi connectivity index (χ3v) is 4.06. The number of hydrogen-bond donors (Lipinski definition) is 2. The third-order valence-electron chi connectivity index (χ3n) is 4.06. The normalized spacial score (nSPS) is 16.0. The van der Waals surface area contributed by atoms with E-state index in [0.717, 1.165) is 30.5 Å². The minimum Gasteiger partial charge on any atom is -0.478 e. The van der Waals surface area contributed by atoms with Crippen molar-refractivity contribution in [1.29, 1.82) is 0 Å². The second-order valence-corrected chi connectivity index (χ2v) is 5.39. The number of nitrogens with zero attached hydrogens (tertiary/aromatic N) is 3. The number of aromatic nitrogens is 3. The lowest BCUT2D eigenvalue weighted by Gasteiger charge is -2.25. The second kappa shape index (κ2) is 5.38. The van der Waals surface area contributed by atoms with E-state index in [2.05, 4.69) is 10.3 Å². The van der Waals surface area contributed by atoms with Gasteiger partial charge in [-0.25, -0.2) is 9.78 Å². The fourth-order valence-corrected chi connectivity index (χ4v) is 2.85. The van der Waals surface area contributed by atoms with Crippen LogP contribution in [0.15, 0.2) is 21.9 Å². The van der Waals surface area contributed by atoms with Gasteiger partial charge in [0.1, 0.15) is 0 Å². The molecule has 0 unspecified atom stereocenters. The molecule has 3 heterocycles. The molecule has 2 N–H and O–H groups in total. The first-order valence-electron chi connectivity index (χ1n) is 7.06. The number of fused-ring (bicyclic) bond motifs is 1. The molecule has 0 spiro atoms. The molecule has 2 aromatic rings. The standard InChI is InChI=1S/C14H16N4O4/c1-17-10-6-8(14(21)22)7-16-11(10)18(13(20)12(17)19)9-2-4-15-5-3-9/h6-7,9,15H,2-5H2,1H3,(H,21,22). The summed E-state index contributed by atoms with van der Waals surface area (Å²) in [5.41, 5.74) is -0.599. The predicted molar refractivity (Wildman–Crippen MR) is 79.3 cm³/mol. The molecule has 22 heavy (non-hydrogen) atoms. The molecule has 1 aliphatic heterocycles. The van der Waals surface area contributed by atoms with E-state index >= 15 is 0 Å². The lowest BCUT2D eigenvalue weighted by Crippen LogP contribution is -2.44. The van der Waals surface area contributed by atoms with Crippen LogP contribution in [-0.4, -0.2) is 38.3 Å². The Morgan fingerprint density at radius 1 is 1.32 bits per heavy atom. The van der Waals surface area contributed by atoms with Crippen LogP contribution in [0.1, 0.15) is 29.2 Å². The summed E-state index contributed by atoms with van der Waals surface area (Å²) in [4.78, 5) is 39.8. The van der Waals surface area contributed by atoms with Gasteiger partial charge in [-0.3, -0.25) is 14.2 Å². The number of rotatable bonds is 2. The van der Waals surface area contributed by atoms with Crippen LogP contribution >= 0.6 is 0 Å². The van der Waals surface area contributed by atoms with E-state index in [9.17, 15) is 14.4 Å². The van der Waals surface area contributed by atoms with Crippen molar-refractivity contribution in [2.75, 3.05) is 13.1 Å². The van der Waals surface area contributed by atoms with Gasteiger partial charge in [-0.15, -0.1) is 0 Å². The summed E-state index contributed by atoms with van der Waals surface area (Å²) in [5.74, 6) is -1.12. The van der Waals surface area contributed by atoms with Crippen LogP contribution in [0.5, 0.6) is 0 Å². The highest BCUT2D eigenvalue weighted by atomic mass is 16.4. The molecule has 1 aliphatic rings. The monoisotopic (exact) mass is 304 g/mol. The molecule has 0 bridgehead atoms. The zero-order chi connectivity index (χ0) is 15.9. The molecule has 8 nitrogen and oxygen atoms in total. The molecule has 116 valence electrons. The number of carboxylic acids is 1. The summed E-state index contributed by atoms with van der Waals surface area (Å²) in [6.45, 7) is 1.53. The Bertz CT molecular complexity index is 861. The highest BCUT2D eigenvalue weighted by Crippen LogP contribution is 2.20. The maximum Gasteiger partial charge on any atom is 0.337 e. The van der Waals surface area contributed by atoms with Gasteiger partial charge >= 0.3 is 17.1 Å². The van der Waals surface area contributed by atoms with E-state index in [1.807, 2.05) is 0 Å². The minimum atomic E-state index is -1.12. The number of hydrogen-bond acceptors (Lipinski definition) is 5. The molecule has 0 aromatic carbocycles. The lowest BCUT2D eigenvalue weighted by molar-refractivity contribution is 0.0696. The van der Waals surface area contributed by atoms with Crippen molar-refractivity contribution in [3.05, 3.63) is 38.5 Å². The Labute approximate surface area is 125 Å². The van der Waals surface area contributed by atoms with Gasteiger partial charge in [0.15, 0.2) is 5.65 Å². The Morgan fingerprint density at radius 2 is 2.00 bits per heavy atom. The molecule has 0 saturated carbocycles. The largest absolute Gasteiger partial charge is 0.478 e. The van der Waals surface area contributed by atoms with Crippen LogP contribution in [0.4, 0.5) is 0 Å². The van der Waals surface area contributed by atoms with Crippen molar-refractivity contribution in [2.45, 2.75) is 18.9 Å². The van der Waals surface area contributed by atoms with Crippen LogP contribution in [0.3, 0.4) is 0 Å². The first kappa shape index (κ1) is 14.5. The van der Waals surface area contributed by atoms with Crippen LogP contribution in [0.2, 0.25) is 0 Å². The summed E-state index contributed by atoms with van der Waals surface area (Å²) >= 11 is 0. The number of nitrogens with one attached hydrogen (secondary N) is 1. The predicted octanol–water partition coefficient (Wildman–Crippen LogP) is -0.282. The summed E-state index contributed by atoms with van der Waals surface area (Å²) < 4.78 is 2.58. The first-order valence-corrected chi connectivity index (χ1v) is 7.06. The number of aryl methyl sites for hydroxylation is 1. The summed E-state index contributed by atoms with van der Waals surface area (Å²) in [6.07, 6.45) is 2.67. The second-order valence-electron chi connectivity index (χ2n) is 5.39. The van der Waals surface area contributed by atoms with Crippen LogP contribution in [-0.2, 0) is 7.05 Å². The van der Waals surface area contributed by atoms with Gasteiger partial charge < -0.3 is 15.0 Å². The zero-order valence-corrected chi connectivity index (χ0v) is 12.1. The Kier molecular flexibility index (Phi) is 3.53. The summed E-state index contributed by atoms with van der Waals surface area (Å²) in [6, 6.07) is 1.27. The fourth-order valence-electron chi connectivity index (χ4n) is 2.85. The molecular formula is C14H16N4O4. The minimum absolute atomic E-state index is 0.0157. The van der Waals surface area contributed by atoms with E-state index in [1.54, 1.807) is 0 Å². The Balaban J connectivity index is 2.33. The zero-order valence-electron chi connectivity index (χ0n) is 12.1. The average Bonchev–Trinajstić information content (AvgIpc) is 2.53. The summed E-state index contributed by atoms with van der Waals surface area (Å²) in [5, 5.41) is 12.3. The molecular weight excluding hydrogens is 288 g/mol. The van der Waals surface area contributed by atoms with E-state index < -0.39 is 17.1 Å². The number of piperidine rings is 1. The topological polar surface area (TPSA) is 106 Å². The Morgan fingerprint density at radius 3 is 2.64 bits per heavy atom. The van der Waals surface area contributed by atoms with Crippen molar-refractivity contribution in [1.82, 2.24) is 19.4 Å². The SMILES string of the molecule is Cn1c(=O)c(=O)n(C2CCNCC2)c2ncc(C(=O)O)cc21. The molecule has 2 aromatic heterocycles. The van der Waals surface area contributed by atoms with E-state index in [-0.39, 0.29) is 11.6 Å². The quantitative estimate of drug-likeness (QED) is 0.739. The summed E-state index contributed by atoms with van der Waals surface area (Å²) in [7, 11) is 1.45. The molecule has 3 rings (SSSR count). The Hall–Kier alpha value is -2.48. The molecule has 0 amide bonds. The van der Waals surface area contributed by atoms with Gasteiger partial charge in [0, 0.05) is 19.3 Å². The van der Waals surface area contributed by atoms with Crippen molar-refractivity contribution < 1.29 is 9.90 Å². The highest BCUT2D eigenvalue weighted by Gasteiger charge is 2.22. The molecule has 0 radical (unpaired) electrons. The van der Waals surface area contributed by atoms with E-state index in [4.69, 9.17) is 5.11 Å². The van der Waals surface area contributed by atoms with Gasteiger partial charge in [0.2, 0.25) is 0 Å². The molecule has 1 fully saturated rings. The highest BCUT2D eigenvalue weighted by molar-refractivity contribution is 5.90. The molecule has 8 heteroatoms. The van der Waals surface area contributed by atoms with Gasteiger partial charge in [-0.1, -0.05) is 0 Å². The number of carbonyl (C=O) groups is 1. The fraction of sp³-hybridized carbons (Fsp3) is 0.429. The van der Waals surface area contributed by atoms with Gasteiger partial charge in [0.05, 0.1) is 11.1 Å². The molecule has 0 aliphatic carbocycles. The van der Waals surface area contributed by atoms with Crippen LogP contribution in [0, 0.1) is 0 Å². The molecule has 1 saturated heterocycles. The van der Waals surface area contributed by atoms with E-state index in [0.29, 0.717) is 11.2 Å². The third kappa shape index (κ3) is 2.21. The van der Waals surface area contributed by atoms with Crippen LogP contribution < -0.4 is 16.4 Å². The van der Waals surface area contributed by atoms with Crippen molar-refractivity contribution in [3.63, 3.8) is 0 Å². The van der Waals surface area contributed by atoms with Gasteiger partial charge in [0.25, 0.3) is 0 Å². The number of carboxylic acid groups (broad SMARTS) is 1. The van der Waals surface area contributed by atoms with E-state index in [1.165, 1.54) is 23.9 Å². The van der Waals surface area contributed by atoms with Crippen molar-refractivity contribution >= 4 is 17.1 Å².